The van der Waals surface area contributed by atoms with Crippen LogP contribution < -0.4 is 10.1 Å². The smallest absolute Gasteiger partial charge is 0.389 e. The predicted octanol–water partition coefficient (Wildman–Crippen LogP) is 1.82. The van der Waals surface area contributed by atoms with Gasteiger partial charge in [0.05, 0.1) is 26.0 Å². The second-order valence-electron chi connectivity index (χ2n) is 5.70. The van der Waals surface area contributed by atoms with Crippen LogP contribution in [-0.4, -0.2) is 49.2 Å². The summed E-state index contributed by atoms with van der Waals surface area (Å²) in [7, 11) is 1.56. The van der Waals surface area contributed by atoms with E-state index in [4.69, 9.17) is 9.47 Å². The van der Waals surface area contributed by atoms with Gasteiger partial charge in [-0.3, -0.25) is 4.79 Å². The fraction of sp³-hybridized carbons (Fsp3) is 0.562. The fourth-order valence-electron chi connectivity index (χ4n) is 2.59. The van der Waals surface area contributed by atoms with Gasteiger partial charge >= 0.3 is 12.1 Å². The van der Waals surface area contributed by atoms with E-state index in [1.54, 1.807) is 19.2 Å². The number of esters is 1. The van der Waals surface area contributed by atoms with E-state index in [9.17, 15) is 23.1 Å². The Kier molecular flexibility index (Phi) is 6.06. The third-order valence-corrected chi connectivity index (χ3v) is 3.86. The van der Waals surface area contributed by atoms with Crippen molar-refractivity contribution in [3.63, 3.8) is 0 Å². The summed E-state index contributed by atoms with van der Waals surface area (Å²) in [4.78, 5) is 11.6. The molecule has 1 aromatic rings. The Bertz CT molecular complexity index is 547. The summed E-state index contributed by atoms with van der Waals surface area (Å²) >= 11 is 0. The van der Waals surface area contributed by atoms with Gasteiger partial charge in [-0.25, -0.2) is 0 Å². The summed E-state index contributed by atoms with van der Waals surface area (Å²) in [6.07, 6.45) is -7.73. The number of rotatable bonds is 6. The van der Waals surface area contributed by atoms with Crippen LogP contribution in [0.3, 0.4) is 0 Å². The number of halogens is 3. The van der Waals surface area contributed by atoms with Crippen LogP contribution >= 0.6 is 0 Å². The molecule has 134 valence electrons. The second kappa shape index (κ2) is 7.85. The molecular weight excluding hydrogens is 327 g/mol. The Morgan fingerprint density at radius 3 is 2.58 bits per heavy atom. The lowest BCUT2D eigenvalue weighted by atomic mass is 10.0. The van der Waals surface area contributed by atoms with Crippen molar-refractivity contribution in [1.82, 2.24) is 5.32 Å². The number of nitrogens with one attached hydrogen (secondary N) is 1. The van der Waals surface area contributed by atoms with Gasteiger partial charge in [0.25, 0.3) is 0 Å². The van der Waals surface area contributed by atoms with Crippen LogP contribution in [-0.2, 0) is 16.0 Å². The van der Waals surface area contributed by atoms with E-state index in [0.717, 1.165) is 5.56 Å². The summed E-state index contributed by atoms with van der Waals surface area (Å²) in [6.45, 7) is 0.220. The molecule has 1 aromatic carbocycles. The number of alkyl halides is 3. The van der Waals surface area contributed by atoms with Gasteiger partial charge in [-0.1, -0.05) is 12.1 Å². The van der Waals surface area contributed by atoms with Gasteiger partial charge in [0, 0.05) is 6.54 Å². The Morgan fingerprint density at radius 2 is 2.00 bits per heavy atom. The van der Waals surface area contributed by atoms with Crippen molar-refractivity contribution in [3.05, 3.63) is 29.8 Å². The average Bonchev–Trinajstić information content (AvgIpc) is 2.86. The highest BCUT2D eigenvalue weighted by Crippen LogP contribution is 2.23. The summed E-state index contributed by atoms with van der Waals surface area (Å²) in [5.41, 5.74) is 0.929. The van der Waals surface area contributed by atoms with E-state index in [0.29, 0.717) is 12.2 Å². The van der Waals surface area contributed by atoms with Crippen molar-refractivity contribution >= 4 is 5.97 Å². The predicted molar refractivity (Wildman–Crippen MR) is 79.7 cm³/mol. The molecule has 0 aromatic heterocycles. The molecule has 0 radical (unpaired) electrons. The Balaban J connectivity index is 1.92. The molecule has 0 spiro atoms. The first-order chi connectivity index (χ1) is 11.3. The Labute approximate surface area is 137 Å². The van der Waals surface area contributed by atoms with Crippen molar-refractivity contribution in [2.75, 3.05) is 13.7 Å². The van der Waals surface area contributed by atoms with E-state index in [1.807, 2.05) is 12.1 Å². The van der Waals surface area contributed by atoms with Gasteiger partial charge in [0.15, 0.2) is 0 Å². The van der Waals surface area contributed by atoms with Crippen LogP contribution in [0.1, 0.15) is 18.4 Å². The van der Waals surface area contributed by atoms with E-state index in [-0.39, 0.29) is 12.6 Å². The number of β-amino-alcohol motifs (C(OH)–C–C–N with tert-alkyl or cyclic N) is 1. The number of carbonyl (C=O) groups is 1. The molecule has 0 bridgehead atoms. The third-order valence-electron chi connectivity index (χ3n) is 3.86. The second-order valence-corrected chi connectivity index (χ2v) is 5.70. The van der Waals surface area contributed by atoms with Crippen LogP contribution in [0.5, 0.6) is 5.75 Å². The first-order valence-electron chi connectivity index (χ1n) is 7.59. The minimum atomic E-state index is -4.41. The molecule has 2 N–H and O–H groups in total. The number of aliphatic hydroxyl groups is 1. The number of hydrogen-bond donors (Lipinski definition) is 2. The lowest BCUT2D eigenvalue weighted by Gasteiger charge is -2.22. The van der Waals surface area contributed by atoms with Crippen molar-refractivity contribution in [3.8, 4) is 5.75 Å². The van der Waals surface area contributed by atoms with Gasteiger partial charge in [-0.2, -0.15) is 13.2 Å². The highest BCUT2D eigenvalue weighted by molar-refractivity contribution is 5.69. The molecule has 5 nitrogen and oxygen atoms in total. The molecule has 0 saturated carbocycles. The standard InChI is InChI=1S/C16H20F3NO4/c1-23-11-4-2-10(3-5-11)8-12-15(13(21)9-20-12)24-14(22)6-7-16(17,18)19/h2-5,12-13,15,20-21H,6-9H2,1H3/t12-,13+,15+/m1/s1. The lowest BCUT2D eigenvalue weighted by molar-refractivity contribution is -0.164. The number of carbonyl (C=O) groups excluding carboxylic acids is 1. The van der Waals surface area contributed by atoms with E-state index in [2.05, 4.69) is 5.32 Å². The third kappa shape index (κ3) is 5.38. The Hall–Kier alpha value is -1.80. The minimum absolute atomic E-state index is 0.220. The zero-order valence-electron chi connectivity index (χ0n) is 13.2. The number of aliphatic hydroxyl groups excluding tert-OH is 1. The largest absolute Gasteiger partial charge is 0.497 e. The number of ether oxygens (including phenoxy) is 2. The van der Waals surface area contributed by atoms with Gasteiger partial charge < -0.3 is 19.9 Å². The highest BCUT2D eigenvalue weighted by Gasteiger charge is 2.38. The van der Waals surface area contributed by atoms with Gasteiger partial charge in [-0.15, -0.1) is 0 Å². The van der Waals surface area contributed by atoms with Gasteiger partial charge in [-0.05, 0) is 24.1 Å². The van der Waals surface area contributed by atoms with Crippen LogP contribution in [0.15, 0.2) is 24.3 Å². The molecule has 0 unspecified atom stereocenters. The molecule has 1 aliphatic rings. The number of benzene rings is 1. The highest BCUT2D eigenvalue weighted by atomic mass is 19.4. The average molecular weight is 347 g/mol. The first-order valence-corrected chi connectivity index (χ1v) is 7.59. The normalized spacial score (nSPS) is 24.0. The molecule has 8 heteroatoms. The maximum atomic E-state index is 12.2. The zero-order valence-corrected chi connectivity index (χ0v) is 13.2. The van der Waals surface area contributed by atoms with Crippen molar-refractivity contribution in [2.45, 2.75) is 43.7 Å². The topological polar surface area (TPSA) is 67.8 Å². The van der Waals surface area contributed by atoms with Crippen LogP contribution in [0.4, 0.5) is 13.2 Å². The molecule has 1 heterocycles. The maximum Gasteiger partial charge on any atom is 0.389 e. The summed E-state index contributed by atoms with van der Waals surface area (Å²) in [5.74, 6) is -0.256. The first kappa shape index (κ1) is 18.5. The molecule has 1 aliphatic heterocycles. The monoisotopic (exact) mass is 347 g/mol. The summed E-state index contributed by atoms with van der Waals surface area (Å²) in [5, 5.41) is 12.9. The van der Waals surface area contributed by atoms with E-state index >= 15 is 0 Å². The SMILES string of the molecule is COc1ccc(C[C@H]2NC[C@H](O)[C@H]2OC(=O)CCC(F)(F)F)cc1. The maximum absolute atomic E-state index is 12.2. The number of methoxy groups -OCH3 is 1. The van der Waals surface area contributed by atoms with E-state index in [1.165, 1.54) is 0 Å². The van der Waals surface area contributed by atoms with Crippen molar-refractivity contribution in [2.24, 2.45) is 0 Å². The molecule has 0 amide bonds. The van der Waals surface area contributed by atoms with Gasteiger partial charge in [0.2, 0.25) is 0 Å². The summed E-state index contributed by atoms with van der Waals surface area (Å²) < 4.78 is 46.6. The van der Waals surface area contributed by atoms with Crippen LogP contribution in [0.25, 0.3) is 0 Å². The lowest BCUT2D eigenvalue weighted by Crippen LogP contribution is -2.39. The molecule has 24 heavy (non-hydrogen) atoms. The quantitative estimate of drug-likeness (QED) is 0.769. The van der Waals surface area contributed by atoms with Crippen molar-refractivity contribution in [1.29, 1.82) is 0 Å². The van der Waals surface area contributed by atoms with E-state index < -0.39 is 37.2 Å². The molecule has 2 rings (SSSR count). The zero-order chi connectivity index (χ0) is 17.7. The molecular formula is C16H20F3NO4. The molecule has 1 fully saturated rings. The van der Waals surface area contributed by atoms with Crippen LogP contribution in [0, 0.1) is 0 Å². The van der Waals surface area contributed by atoms with Crippen molar-refractivity contribution < 1.29 is 32.5 Å². The Morgan fingerprint density at radius 1 is 1.33 bits per heavy atom. The molecule has 0 aliphatic carbocycles. The van der Waals surface area contributed by atoms with Crippen LogP contribution in [0.2, 0.25) is 0 Å². The number of hydrogen-bond acceptors (Lipinski definition) is 5. The molecule has 3 atom stereocenters. The summed E-state index contributed by atoms with van der Waals surface area (Å²) in [6, 6.07) is 6.89. The minimum Gasteiger partial charge on any atom is -0.497 e. The van der Waals surface area contributed by atoms with Gasteiger partial charge in [0.1, 0.15) is 18.0 Å². The fourth-order valence-corrected chi connectivity index (χ4v) is 2.59. The molecule has 1 saturated heterocycles.